The normalized spacial score (nSPS) is 29.6. The Morgan fingerprint density at radius 3 is 2.61 bits per heavy atom. The lowest BCUT2D eigenvalue weighted by molar-refractivity contribution is -0.139. The average Bonchev–Trinajstić information content (AvgIpc) is 2.13. The van der Waals surface area contributed by atoms with E-state index in [9.17, 15) is 4.79 Å². The smallest absolute Gasteiger partial charge is 0.237 e. The van der Waals surface area contributed by atoms with Crippen molar-refractivity contribution in [2.45, 2.75) is 64.3 Å². The minimum atomic E-state index is -0.953. The van der Waals surface area contributed by atoms with Gasteiger partial charge in [0, 0.05) is 19.1 Å². The van der Waals surface area contributed by atoms with Crippen LogP contribution in [0.5, 0.6) is 0 Å². The monoisotopic (exact) mass is 257 g/mol. The topological polar surface area (TPSA) is 81.6 Å². The molecule has 0 spiro atoms. The first kappa shape index (κ1) is 15.4. The summed E-state index contributed by atoms with van der Waals surface area (Å²) in [6.07, 6.45) is 0.749. The molecule has 1 aliphatic rings. The summed E-state index contributed by atoms with van der Waals surface area (Å²) in [7, 11) is 0. The molecule has 0 saturated carbocycles. The number of nitrogens with zero attached hydrogens (tertiary/aromatic N) is 1. The predicted octanol–water partition coefficient (Wildman–Crippen LogP) is 0.467. The molecule has 1 amide bonds. The van der Waals surface area contributed by atoms with Gasteiger partial charge in [-0.2, -0.15) is 0 Å². The first-order valence-corrected chi connectivity index (χ1v) is 6.54. The van der Waals surface area contributed by atoms with Crippen molar-refractivity contribution in [3.63, 3.8) is 0 Å². The maximum atomic E-state index is 11.3. The predicted molar refractivity (Wildman–Crippen MR) is 72.1 cm³/mol. The number of morpholine rings is 1. The molecule has 3 atom stereocenters. The fourth-order valence-corrected chi connectivity index (χ4v) is 2.68. The molecule has 3 unspecified atom stereocenters. The highest BCUT2D eigenvalue weighted by Gasteiger charge is 2.36. The fraction of sp³-hybridized carbons (Fsp3) is 0.923. The second-order valence-corrected chi connectivity index (χ2v) is 6.45. The molecule has 5 heteroatoms. The first-order chi connectivity index (χ1) is 8.03. The second-order valence-electron chi connectivity index (χ2n) is 6.45. The number of amides is 1. The van der Waals surface area contributed by atoms with Gasteiger partial charge in [-0.3, -0.25) is 9.69 Å². The summed E-state index contributed by atoms with van der Waals surface area (Å²) < 4.78 is 5.87. The summed E-state index contributed by atoms with van der Waals surface area (Å²) in [5.74, 6) is -0.449. The van der Waals surface area contributed by atoms with Gasteiger partial charge in [0.1, 0.15) is 0 Å². The lowest BCUT2D eigenvalue weighted by Crippen LogP contribution is -2.58. The van der Waals surface area contributed by atoms with Crippen molar-refractivity contribution >= 4 is 5.91 Å². The molecule has 4 N–H and O–H groups in total. The number of carbonyl (C=O) groups is 1. The van der Waals surface area contributed by atoms with Crippen LogP contribution in [0.15, 0.2) is 0 Å². The summed E-state index contributed by atoms with van der Waals surface area (Å²) >= 11 is 0. The van der Waals surface area contributed by atoms with Crippen LogP contribution in [0.2, 0.25) is 0 Å². The van der Waals surface area contributed by atoms with Crippen LogP contribution in [0, 0.1) is 0 Å². The van der Waals surface area contributed by atoms with Gasteiger partial charge >= 0.3 is 0 Å². The van der Waals surface area contributed by atoms with Crippen molar-refractivity contribution < 1.29 is 9.53 Å². The van der Waals surface area contributed by atoms with Crippen molar-refractivity contribution in [3.05, 3.63) is 0 Å². The van der Waals surface area contributed by atoms with Crippen molar-refractivity contribution in [1.29, 1.82) is 0 Å². The van der Waals surface area contributed by atoms with E-state index in [0.717, 1.165) is 13.1 Å². The summed E-state index contributed by atoms with van der Waals surface area (Å²) in [5.41, 5.74) is 10.1. The lowest BCUT2D eigenvalue weighted by atomic mass is 9.92. The van der Waals surface area contributed by atoms with Crippen LogP contribution in [-0.4, -0.2) is 47.2 Å². The van der Waals surface area contributed by atoms with Gasteiger partial charge in [0.2, 0.25) is 5.91 Å². The Hall–Kier alpha value is -0.650. The number of ether oxygens (including phenoxy) is 1. The number of primary amides is 1. The van der Waals surface area contributed by atoms with Crippen LogP contribution < -0.4 is 11.5 Å². The quantitative estimate of drug-likeness (QED) is 0.767. The lowest BCUT2D eigenvalue weighted by Gasteiger charge is -2.45. The van der Waals surface area contributed by atoms with Crippen molar-refractivity contribution in [2.75, 3.05) is 13.1 Å². The number of rotatable bonds is 4. The van der Waals surface area contributed by atoms with Gasteiger partial charge in [0.25, 0.3) is 0 Å². The molecule has 0 aliphatic carbocycles. The van der Waals surface area contributed by atoms with Gasteiger partial charge in [0.15, 0.2) is 0 Å². The van der Waals surface area contributed by atoms with Gasteiger partial charge in [-0.15, -0.1) is 0 Å². The highest BCUT2D eigenvalue weighted by Crippen LogP contribution is 2.24. The van der Waals surface area contributed by atoms with E-state index in [-0.39, 0.29) is 17.7 Å². The summed E-state index contributed by atoms with van der Waals surface area (Å²) in [6.45, 7) is 11.7. The molecule has 0 aromatic heterocycles. The third-order valence-electron chi connectivity index (χ3n) is 3.50. The molecular formula is C13H27N3O2. The molecule has 0 radical (unpaired) electrons. The van der Waals surface area contributed by atoms with Crippen LogP contribution in [0.25, 0.3) is 0 Å². The van der Waals surface area contributed by atoms with Crippen LogP contribution >= 0.6 is 0 Å². The largest absolute Gasteiger partial charge is 0.370 e. The van der Waals surface area contributed by atoms with Crippen LogP contribution in [0.4, 0.5) is 0 Å². The minimum absolute atomic E-state index is 0.163. The number of carbonyl (C=O) groups excluding carboxylic acids is 1. The zero-order chi connectivity index (χ0) is 14.1. The van der Waals surface area contributed by atoms with E-state index >= 15 is 0 Å². The Labute approximate surface area is 110 Å². The standard InChI is InChI=1S/C13H27N3O2/c1-9(6-13(5,15)11(14)17)16-7-10(2)18-12(3,4)8-16/h9-10H,6-8,15H2,1-5H3,(H2,14,17). The van der Waals surface area contributed by atoms with Gasteiger partial charge < -0.3 is 16.2 Å². The molecule has 5 nitrogen and oxygen atoms in total. The summed E-state index contributed by atoms with van der Waals surface area (Å²) in [5, 5.41) is 0. The SMILES string of the molecule is CC1CN(C(C)CC(C)(N)C(N)=O)CC(C)(C)O1. The van der Waals surface area contributed by atoms with Gasteiger partial charge in [-0.25, -0.2) is 0 Å². The number of nitrogens with two attached hydrogens (primary N) is 2. The summed E-state index contributed by atoms with van der Waals surface area (Å²) in [6, 6.07) is 0.207. The molecule has 1 heterocycles. The van der Waals surface area contributed by atoms with E-state index in [1.54, 1.807) is 6.92 Å². The van der Waals surface area contributed by atoms with E-state index < -0.39 is 11.4 Å². The van der Waals surface area contributed by atoms with E-state index in [2.05, 4.69) is 32.6 Å². The van der Waals surface area contributed by atoms with E-state index in [4.69, 9.17) is 16.2 Å². The van der Waals surface area contributed by atoms with E-state index in [1.807, 2.05) is 0 Å². The molecule has 0 bridgehead atoms. The van der Waals surface area contributed by atoms with Crippen LogP contribution in [0.1, 0.15) is 41.0 Å². The Balaban J connectivity index is 2.67. The van der Waals surface area contributed by atoms with Crippen molar-refractivity contribution in [2.24, 2.45) is 11.5 Å². The first-order valence-electron chi connectivity index (χ1n) is 6.54. The van der Waals surface area contributed by atoms with E-state index in [1.165, 1.54) is 0 Å². The molecule has 1 fully saturated rings. The molecule has 18 heavy (non-hydrogen) atoms. The molecule has 0 aromatic carbocycles. The van der Waals surface area contributed by atoms with Gasteiger partial charge in [-0.05, 0) is 41.0 Å². The molecule has 1 saturated heterocycles. The third-order valence-corrected chi connectivity index (χ3v) is 3.50. The Kier molecular flexibility index (Phi) is 4.41. The molecule has 0 aromatic rings. The zero-order valence-corrected chi connectivity index (χ0v) is 12.2. The average molecular weight is 257 g/mol. The highest BCUT2D eigenvalue weighted by molar-refractivity contribution is 5.83. The third kappa shape index (κ3) is 3.93. The van der Waals surface area contributed by atoms with Crippen molar-refractivity contribution in [3.8, 4) is 0 Å². The minimum Gasteiger partial charge on any atom is -0.370 e. The van der Waals surface area contributed by atoms with Gasteiger partial charge in [0.05, 0.1) is 17.2 Å². The van der Waals surface area contributed by atoms with Crippen LogP contribution in [0.3, 0.4) is 0 Å². The molecular weight excluding hydrogens is 230 g/mol. The molecule has 106 valence electrons. The van der Waals surface area contributed by atoms with Gasteiger partial charge in [-0.1, -0.05) is 0 Å². The van der Waals surface area contributed by atoms with E-state index in [0.29, 0.717) is 6.42 Å². The maximum absolute atomic E-state index is 11.3. The zero-order valence-electron chi connectivity index (χ0n) is 12.2. The second kappa shape index (κ2) is 5.15. The number of hydrogen-bond donors (Lipinski definition) is 2. The Morgan fingerprint density at radius 1 is 1.61 bits per heavy atom. The molecule has 1 rings (SSSR count). The summed E-state index contributed by atoms with van der Waals surface area (Å²) in [4.78, 5) is 13.6. The van der Waals surface area contributed by atoms with Crippen molar-refractivity contribution in [1.82, 2.24) is 4.90 Å². The van der Waals surface area contributed by atoms with Crippen LogP contribution in [-0.2, 0) is 9.53 Å². The Bertz CT molecular complexity index is 315. The highest BCUT2D eigenvalue weighted by atomic mass is 16.5. The Morgan fingerprint density at radius 2 is 2.17 bits per heavy atom. The fourth-order valence-electron chi connectivity index (χ4n) is 2.68. The molecule has 1 aliphatic heterocycles. The maximum Gasteiger partial charge on any atom is 0.237 e. The number of hydrogen-bond acceptors (Lipinski definition) is 4.